The fourth-order valence-electron chi connectivity index (χ4n) is 1.60. The molecule has 1 amide bonds. The van der Waals surface area contributed by atoms with E-state index in [9.17, 15) is 13.6 Å². The maximum absolute atomic E-state index is 13.3. The summed E-state index contributed by atoms with van der Waals surface area (Å²) in [5, 5.41) is 2.34. The molecule has 0 aliphatic carbocycles. The highest BCUT2D eigenvalue weighted by atomic mass is 19.2. The molecule has 2 nitrogen and oxygen atoms in total. The van der Waals surface area contributed by atoms with Crippen molar-refractivity contribution < 1.29 is 13.6 Å². The van der Waals surface area contributed by atoms with Crippen LogP contribution in [0.15, 0.2) is 6.07 Å². The lowest BCUT2D eigenvalue weighted by molar-refractivity contribution is -0.116. The molecule has 0 atom stereocenters. The van der Waals surface area contributed by atoms with E-state index in [-0.39, 0.29) is 17.2 Å². The lowest BCUT2D eigenvalue weighted by Gasteiger charge is -2.18. The van der Waals surface area contributed by atoms with E-state index in [1.807, 2.05) is 0 Å². The fourth-order valence-corrected chi connectivity index (χ4v) is 1.60. The Balaban J connectivity index is 2.60. The van der Waals surface area contributed by atoms with Crippen LogP contribution in [0.3, 0.4) is 0 Å². The van der Waals surface area contributed by atoms with Crippen molar-refractivity contribution in [2.24, 2.45) is 0 Å². The summed E-state index contributed by atoms with van der Waals surface area (Å²) in [7, 11) is 0. The van der Waals surface area contributed by atoms with Gasteiger partial charge in [0.15, 0.2) is 11.6 Å². The summed E-state index contributed by atoms with van der Waals surface area (Å²) >= 11 is 0. The van der Waals surface area contributed by atoms with Gasteiger partial charge in [0.2, 0.25) is 5.91 Å². The number of anilines is 1. The summed E-state index contributed by atoms with van der Waals surface area (Å²) in [6.45, 7) is 1.51. The average molecular weight is 197 g/mol. The van der Waals surface area contributed by atoms with Crippen LogP contribution in [-0.4, -0.2) is 5.91 Å². The molecular formula is C10H9F2NO. The second-order valence-electron chi connectivity index (χ2n) is 3.40. The predicted molar refractivity (Wildman–Crippen MR) is 48.0 cm³/mol. The monoisotopic (exact) mass is 197 g/mol. The molecule has 0 spiro atoms. The molecule has 1 heterocycles. The first kappa shape index (κ1) is 9.12. The Bertz CT molecular complexity index is 415. The Morgan fingerprint density at radius 2 is 2.00 bits per heavy atom. The van der Waals surface area contributed by atoms with Crippen molar-refractivity contribution >= 4 is 11.6 Å². The highest BCUT2D eigenvalue weighted by Gasteiger charge is 2.22. The summed E-state index contributed by atoms with van der Waals surface area (Å²) < 4.78 is 26.4. The van der Waals surface area contributed by atoms with E-state index in [4.69, 9.17) is 0 Å². The van der Waals surface area contributed by atoms with Crippen LogP contribution in [0.5, 0.6) is 0 Å². The minimum Gasteiger partial charge on any atom is -0.323 e. The molecule has 0 saturated heterocycles. The van der Waals surface area contributed by atoms with E-state index in [1.165, 1.54) is 6.92 Å². The van der Waals surface area contributed by atoms with Crippen molar-refractivity contribution in [2.45, 2.75) is 19.8 Å². The fraction of sp³-hybridized carbons (Fsp3) is 0.300. The number of carbonyl (C=O) groups excluding carboxylic acids is 1. The van der Waals surface area contributed by atoms with E-state index < -0.39 is 11.6 Å². The Morgan fingerprint density at radius 1 is 1.29 bits per heavy atom. The van der Waals surface area contributed by atoms with Crippen molar-refractivity contribution in [1.82, 2.24) is 0 Å². The van der Waals surface area contributed by atoms with Crippen molar-refractivity contribution in [1.29, 1.82) is 0 Å². The Labute approximate surface area is 79.9 Å². The van der Waals surface area contributed by atoms with Crippen molar-refractivity contribution in [3.8, 4) is 0 Å². The van der Waals surface area contributed by atoms with E-state index in [0.29, 0.717) is 18.4 Å². The Hall–Kier alpha value is -1.45. The third-order valence-corrected chi connectivity index (χ3v) is 2.36. The number of carbonyl (C=O) groups is 1. The molecule has 1 aromatic carbocycles. The number of hydrogen-bond acceptors (Lipinski definition) is 1. The smallest absolute Gasteiger partial charge is 0.224 e. The normalized spacial score (nSPS) is 14.9. The molecule has 0 radical (unpaired) electrons. The van der Waals surface area contributed by atoms with Gasteiger partial charge in [-0.3, -0.25) is 4.79 Å². The lowest BCUT2D eigenvalue weighted by atomic mass is 10.00. The van der Waals surface area contributed by atoms with E-state index >= 15 is 0 Å². The van der Waals surface area contributed by atoms with Crippen LogP contribution in [0.2, 0.25) is 0 Å². The molecule has 1 aliphatic heterocycles. The van der Waals surface area contributed by atoms with Gasteiger partial charge >= 0.3 is 0 Å². The summed E-state index contributed by atoms with van der Waals surface area (Å²) in [6, 6.07) is 1.58. The third kappa shape index (κ3) is 1.27. The molecule has 0 unspecified atom stereocenters. The van der Waals surface area contributed by atoms with E-state index in [2.05, 4.69) is 5.32 Å². The van der Waals surface area contributed by atoms with Crippen LogP contribution in [0.4, 0.5) is 14.5 Å². The van der Waals surface area contributed by atoms with Crippen LogP contribution in [0.25, 0.3) is 0 Å². The Morgan fingerprint density at radius 3 is 2.71 bits per heavy atom. The zero-order valence-corrected chi connectivity index (χ0v) is 7.66. The zero-order valence-electron chi connectivity index (χ0n) is 7.66. The first-order chi connectivity index (χ1) is 6.59. The van der Waals surface area contributed by atoms with Crippen molar-refractivity contribution in [3.63, 3.8) is 0 Å². The number of halogens is 2. The van der Waals surface area contributed by atoms with Gasteiger partial charge in [0.1, 0.15) is 0 Å². The summed E-state index contributed by atoms with van der Waals surface area (Å²) in [5.74, 6) is -2.10. The molecule has 74 valence electrons. The zero-order chi connectivity index (χ0) is 10.3. The van der Waals surface area contributed by atoms with Crippen LogP contribution < -0.4 is 5.32 Å². The second-order valence-corrected chi connectivity index (χ2v) is 3.40. The number of amides is 1. The van der Waals surface area contributed by atoms with Gasteiger partial charge in [-0.15, -0.1) is 0 Å². The van der Waals surface area contributed by atoms with Gasteiger partial charge in [0, 0.05) is 6.42 Å². The molecule has 14 heavy (non-hydrogen) atoms. The quantitative estimate of drug-likeness (QED) is 0.678. The van der Waals surface area contributed by atoms with Crippen molar-refractivity contribution in [3.05, 3.63) is 28.8 Å². The molecule has 4 heteroatoms. The number of nitrogens with one attached hydrogen (secondary N) is 1. The molecule has 0 saturated carbocycles. The van der Waals surface area contributed by atoms with Gasteiger partial charge in [0.05, 0.1) is 5.69 Å². The lowest BCUT2D eigenvalue weighted by Crippen LogP contribution is -2.21. The van der Waals surface area contributed by atoms with Crippen LogP contribution in [0.1, 0.15) is 17.5 Å². The van der Waals surface area contributed by atoms with Crippen LogP contribution in [0, 0.1) is 18.6 Å². The molecule has 0 bridgehead atoms. The topological polar surface area (TPSA) is 29.1 Å². The SMILES string of the molecule is Cc1cc2c(c(F)c1F)NC(=O)CC2. The van der Waals surface area contributed by atoms with E-state index in [1.54, 1.807) is 6.07 Å². The largest absolute Gasteiger partial charge is 0.323 e. The molecule has 1 N–H and O–H groups in total. The number of aryl methyl sites for hydroxylation is 2. The van der Waals surface area contributed by atoms with Crippen molar-refractivity contribution in [2.75, 3.05) is 5.32 Å². The average Bonchev–Trinajstić information content (AvgIpc) is 2.16. The molecular weight excluding hydrogens is 188 g/mol. The summed E-state index contributed by atoms with van der Waals surface area (Å²) in [5.41, 5.74) is 0.947. The highest BCUT2D eigenvalue weighted by molar-refractivity contribution is 5.94. The first-order valence-electron chi connectivity index (χ1n) is 4.37. The maximum Gasteiger partial charge on any atom is 0.224 e. The third-order valence-electron chi connectivity index (χ3n) is 2.36. The first-order valence-corrected chi connectivity index (χ1v) is 4.37. The number of benzene rings is 1. The Kier molecular flexibility index (Phi) is 1.98. The molecule has 1 aromatic rings. The van der Waals surface area contributed by atoms with Gasteiger partial charge in [-0.25, -0.2) is 8.78 Å². The van der Waals surface area contributed by atoms with Gasteiger partial charge in [0.25, 0.3) is 0 Å². The number of rotatable bonds is 0. The standard InChI is InChI=1S/C10H9F2NO/c1-5-4-6-2-3-7(14)13-10(6)9(12)8(5)11/h4H,2-3H2,1H3,(H,13,14). The van der Waals surface area contributed by atoms with Crippen LogP contribution >= 0.6 is 0 Å². The molecule has 0 fully saturated rings. The van der Waals surface area contributed by atoms with Crippen LogP contribution in [-0.2, 0) is 11.2 Å². The van der Waals surface area contributed by atoms with E-state index in [0.717, 1.165) is 0 Å². The number of hydrogen-bond donors (Lipinski definition) is 1. The highest BCUT2D eigenvalue weighted by Crippen LogP contribution is 2.29. The maximum atomic E-state index is 13.3. The predicted octanol–water partition coefficient (Wildman–Crippen LogP) is 2.16. The van der Waals surface area contributed by atoms with Gasteiger partial charge in [-0.2, -0.15) is 0 Å². The second kappa shape index (κ2) is 3.04. The molecule has 1 aliphatic rings. The summed E-state index contributed by atoms with van der Waals surface area (Å²) in [4.78, 5) is 11.0. The summed E-state index contributed by atoms with van der Waals surface area (Å²) in [6.07, 6.45) is 0.802. The number of fused-ring (bicyclic) bond motifs is 1. The van der Waals surface area contributed by atoms with Gasteiger partial charge in [-0.1, -0.05) is 6.07 Å². The molecule has 0 aromatic heterocycles. The molecule has 2 rings (SSSR count). The van der Waals surface area contributed by atoms with Gasteiger partial charge < -0.3 is 5.32 Å². The van der Waals surface area contributed by atoms with Gasteiger partial charge in [-0.05, 0) is 24.5 Å². The minimum atomic E-state index is -0.951. The minimum absolute atomic E-state index is 0.00403.